The van der Waals surface area contributed by atoms with E-state index in [2.05, 4.69) is 17.2 Å². The molecule has 1 unspecified atom stereocenters. The Kier molecular flexibility index (Phi) is 4.57. The lowest BCUT2D eigenvalue weighted by atomic mass is 10.1. The number of benzene rings is 1. The number of hydrogen-bond acceptors (Lipinski definition) is 2. The summed E-state index contributed by atoms with van der Waals surface area (Å²) in [6, 6.07) is 7.25. The van der Waals surface area contributed by atoms with Crippen LogP contribution in [-0.4, -0.2) is 13.1 Å². The number of carbonyl (C=O) groups is 1. The highest BCUT2D eigenvalue weighted by Crippen LogP contribution is 2.16. The lowest BCUT2D eigenvalue weighted by molar-refractivity contribution is 0.240. The van der Waals surface area contributed by atoms with Gasteiger partial charge in [-0.3, -0.25) is 0 Å². The van der Waals surface area contributed by atoms with Crippen molar-refractivity contribution in [3.63, 3.8) is 0 Å². The van der Waals surface area contributed by atoms with Gasteiger partial charge in [-0.25, -0.2) is 4.79 Å². The molecule has 1 atom stereocenters. The highest BCUT2D eigenvalue weighted by Gasteiger charge is 2.08. The first-order chi connectivity index (χ1) is 8.02. The summed E-state index contributed by atoms with van der Waals surface area (Å²) in [5.74, 6) is 0.798. The number of carbonyl (C=O) groups excluding carboxylic acids is 1. The predicted molar refractivity (Wildman–Crippen MR) is 67.9 cm³/mol. The van der Waals surface area contributed by atoms with Crippen LogP contribution in [0.4, 0.5) is 4.79 Å². The lowest BCUT2D eigenvalue weighted by Crippen LogP contribution is -2.35. The van der Waals surface area contributed by atoms with Gasteiger partial charge < -0.3 is 15.4 Å². The summed E-state index contributed by atoms with van der Waals surface area (Å²) in [6.45, 7) is 7.26. The normalized spacial score (nSPS) is 11.5. The van der Waals surface area contributed by atoms with Crippen LogP contribution in [0, 0.1) is 0 Å². The molecule has 2 N–H and O–H groups in total. The van der Waals surface area contributed by atoms with Gasteiger partial charge in [-0.2, -0.15) is 0 Å². The molecule has 0 aliphatic rings. The van der Waals surface area contributed by atoms with Gasteiger partial charge in [0.05, 0.1) is 13.2 Å². The van der Waals surface area contributed by atoms with Crippen molar-refractivity contribution in [3.05, 3.63) is 42.1 Å². The number of nitrogens with one attached hydrogen (secondary N) is 2. The van der Waals surface area contributed by atoms with Gasteiger partial charge >= 0.3 is 6.03 Å². The summed E-state index contributed by atoms with van der Waals surface area (Å²) in [6.07, 6.45) is 0. The Morgan fingerprint density at radius 3 is 2.41 bits per heavy atom. The molecule has 0 saturated carbocycles. The average Bonchev–Trinajstić information content (AvgIpc) is 2.28. The summed E-state index contributed by atoms with van der Waals surface area (Å²) in [5, 5.41) is 5.41. The molecule has 1 aromatic carbocycles. The smallest absolute Gasteiger partial charge is 0.319 e. The third-order valence-electron chi connectivity index (χ3n) is 2.29. The molecule has 0 aromatic heterocycles. The molecule has 0 aliphatic heterocycles. The molecule has 0 spiro atoms. The van der Waals surface area contributed by atoms with Crippen molar-refractivity contribution in [1.82, 2.24) is 10.6 Å². The second-order valence-electron chi connectivity index (χ2n) is 3.87. The minimum Gasteiger partial charge on any atom is -0.497 e. The lowest BCUT2D eigenvalue weighted by Gasteiger charge is -2.15. The molecule has 0 bridgehead atoms. The quantitative estimate of drug-likeness (QED) is 0.841. The minimum absolute atomic E-state index is 0.0692. The SMILES string of the molecule is C=C(C)NC(=O)NC(C)c1ccc(OC)cc1. The second kappa shape index (κ2) is 5.94. The van der Waals surface area contributed by atoms with Crippen LogP contribution in [0.1, 0.15) is 25.5 Å². The number of hydrogen-bond donors (Lipinski definition) is 2. The average molecular weight is 234 g/mol. The molecule has 0 aliphatic carbocycles. The zero-order valence-corrected chi connectivity index (χ0v) is 10.4. The fraction of sp³-hybridized carbons (Fsp3) is 0.308. The molecule has 0 radical (unpaired) electrons. The van der Waals surface area contributed by atoms with E-state index in [4.69, 9.17) is 4.74 Å². The summed E-state index contributed by atoms with van der Waals surface area (Å²) >= 11 is 0. The number of methoxy groups -OCH3 is 1. The molecule has 0 fully saturated rings. The predicted octanol–water partition coefficient (Wildman–Crippen LogP) is 2.59. The van der Waals surface area contributed by atoms with Crippen LogP contribution in [-0.2, 0) is 0 Å². The van der Waals surface area contributed by atoms with Crippen LogP contribution in [0.3, 0.4) is 0 Å². The van der Waals surface area contributed by atoms with E-state index in [1.807, 2.05) is 31.2 Å². The summed E-state index contributed by atoms with van der Waals surface area (Å²) < 4.78 is 5.07. The van der Waals surface area contributed by atoms with Crippen molar-refractivity contribution in [2.75, 3.05) is 7.11 Å². The highest BCUT2D eigenvalue weighted by molar-refractivity contribution is 5.76. The number of urea groups is 1. The van der Waals surface area contributed by atoms with Crippen LogP contribution in [0.2, 0.25) is 0 Å². The Morgan fingerprint density at radius 1 is 1.35 bits per heavy atom. The van der Waals surface area contributed by atoms with Crippen molar-refractivity contribution in [2.24, 2.45) is 0 Å². The molecule has 92 valence electrons. The Labute approximate surface area is 102 Å². The molecule has 0 heterocycles. The summed E-state index contributed by atoms with van der Waals surface area (Å²) in [4.78, 5) is 11.5. The van der Waals surface area contributed by atoms with Gasteiger partial charge in [0.2, 0.25) is 0 Å². The van der Waals surface area contributed by atoms with Gasteiger partial charge in [0.1, 0.15) is 5.75 Å². The third-order valence-corrected chi connectivity index (χ3v) is 2.29. The van der Waals surface area contributed by atoms with Crippen molar-refractivity contribution in [1.29, 1.82) is 0 Å². The first-order valence-electron chi connectivity index (χ1n) is 5.40. The second-order valence-corrected chi connectivity index (χ2v) is 3.87. The highest BCUT2D eigenvalue weighted by atomic mass is 16.5. The van der Waals surface area contributed by atoms with Crippen molar-refractivity contribution in [2.45, 2.75) is 19.9 Å². The molecule has 0 saturated heterocycles. The number of amides is 2. The topological polar surface area (TPSA) is 50.4 Å². The largest absolute Gasteiger partial charge is 0.497 e. The van der Waals surface area contributed by atoms with E-state index in [1.54, 1.807) is 14.0 Å². The van der Waals surface area contributed by atoms with Crippen LogP contribution in [0.15, 0.2) is 36.5 Å². The maximum absolute atomic E-state index is 11.5. The molecule has 4 nitrogen and oxygen atoms in total. The molecule has 4 heteroatoms. The van der Waals surface area contributed by atoms with Crippen LogP contribution >= 0.6 is 0 Å². The molecular weight excluding hydrogens is 216 g/mol. The minimum atomic E-state index is -0.249. The Hall–Kier alpha value is -1.97. The maximum Gasteiger partial charge on any atom is 0.319 e. The van der Waals surface area contributed by atoms with Crippen LogP contribution in [0.25, 0.3) is 0 Å². The molecule has 2 amide bonds. The van der Waals surface area contributed by atoms with Gasteiger partial charge in [0, 0.05) is 5.70 Å². The number of ether oxygens (including phenoxy) is 1. The first kappa shape index (κ1) is 13.1. The van der Waals surface area contributed by atoms with E-state index in [0.29, 0.717) is 5.70 Å². The third kappa shape index (κ3) is 4.18. The summed E-state index contributed by atoms with van der Waals surface area (Å²) in [5.41, 5.74) is 1.63. The number of rotatable bonds is 4. The Bertz CT molecular complexity index is 398. The van der Waals surface area contributed by atoms with E-state index in [9.17, 15) is 4.79 Å². The summed E-state index contributed by atoms with van der Waals surface area (Å²) in [7, 11) is 1.62. The zero-order chi connectivity index (χ0) is 12.8. The zero-order valence-electron chi connectivity index (χ0n) is 10.4. The van der Waals surface area contributed by atoms with Gasteiger partial charge in [-0.1, -0.05) is 18.7 Å². The van der Waals surface area contributed by atoms with Crippen molar-refractivity contribution >= 4 is 6.03 Å². The maximum atomic E-state index is 11.5. The molecule has 17 heavy (non-hydrogen) atoms. The number of allylic oxidation sites excluding steroid dienone is 1. The monoisotopic (exact) mass is 234 g/mol. The van der Waals surface area contributed by atoms with Gasteiger partial charge in [0.15, 0.2) is 0 Å². The fourth-order valence-corrected chi connectivity index (χ4v) is 1.40. The standard InChI is InChI=1S/C13H18N2O2/c1-9(2)14-13(16)15-10(3)11-5-7-12(17-4)8-6-11/h5-8,10H,1H2,2-4H3,(H2,14,15,16). The van der Waals surface area contributed by atoms with Crippen molar-refractivity contribution < 1.29 is 9.53 Å². The van der Waals surface area contributed by atoms with E-state index < -0.39 is 0 Å². The van der Waals surface area contributed by atoms with Gasteiger partial charge in [-0.05, 0) is 31.5 Å². The van der Waals surface area contributed by atoms with Gasteiger partial charge in [-0.15, -0.1) is 0 Å². The van der Waals surface area contributed by atoms with Crippen molar-refractivity contribution in [3.8, 4) is 5.75 Å². The fourth-order valence-electron chi connectivity index (χ4n) is 1.40. The Balaban J connectivity index is 2.59. The Morgan fingerprint density at radius 2 is 1.94 bits per heavy atom. The molecular formula is C13H18N2O2. The first-order valence-corrected chi connectivity index (χ1v) is 5.40. The van der Waals surface area contributed by atoms with Crippen LogP contribution in [0.5, 0.6) is 5.75 Å². The van der Waals surface area contributed by atoms with E-state index in [1.165, 1.54) is 0 Å². The van der Waals surface area contributed by atoms with E-state index in [0.717, 1.165) is 11.3 Å². The van der Waals surface area contributed by atoms with E-state index >= 15 is 0 Å². The molecule has 1 aromatic rings. The molecule has 1 rings (SSSR count). The van der Waals surface area contributed by atoms with Crippen LogP contribution < -0.4 is 15.4 Å². The van der Waals surface area contributed by atoms with Gasteiger partial charge in [0.25, 0.3) is 0 Å². The van der Waals surface area contributed by atoms with E-state index in [-0.39, 0.29) is 12.1 Å².